The average molecular weight is 445 g/mol. The van der Waals surface area contributed by atoms with Crippen LogP contribution in [0.5, 0.6) is 0 Å². The molecule has 31 heavy (non-hydrogen) atoms. The van der Waals surface area contributed by atoms with Crippen molar-refractivity contribution in [1.29, 1.82) is 0 Å². The van der Waals surface area contributed by atoms with Gasteiger partial charge in [0.15, 0.2) is 0 Å². The highest BCUT2D eigenvalue weighted by atomic mass is 32.2. The Morgan fingerprint density at radius 1 is 0.903 bits per heavy atom. The Morgan fingerprint density at radius 2 is 1.52 bits per heavy atom. The third kappa shape index (κ3) is 5.90. The van der Waals surface area contributed by atoms with Gasteiger partial charge in [0.05, 0.1) is 4.90 Å². The van der Waals surface area contributed by atoms with Crippen LogP contribution in [0.25, 0.3) is 0 Å². The van der Waals surface area contributed by atoms with Crippen molar-refractivity contribution >= 4 is 21.8 Å². The van der Waals surface area contributed by atoms with Gasteiger partial charge in [-0.05, 0) is 29.8 Å². The smallest absolute Gasteiger partial charge is 0.269 e. The third-order valence-corrected chi connectivity index (χ3v) is 7.07. The molecule has 1 aliphatic rings. The minimum absolute atomic E-state index is 0.145. The predicted octanol–water partition coefficient (Wildman–Crippen LogP) is 1.61. The second-order valence-electron chi connectivity index (χ2n) is 7.79. The van der Waals surface area contributed by atoms with E-state index in [1.807, 2.05) is 18.2 Å². The van der Waals surface area contributed by atoms with E-state index in [4.69, 9.17) is 0 Å². The molecule has 2 aromatic carbocycles. The number of rotatable bonds is 6. The lowest BCUT2D eigenvalue weighted by atomic mass is 10.2. The lowest BCUT2D eigenvalue weighted by Crippen LogP contribution is -2.48. The maximum absolute atomic E-state index is 13.0. The molecule has 0 radical (unpaired) electrons. The zero-order chi connectivity index (χ0) is 22.4. The monoisotopic (exact) mass is 444 g/mol. The predicted molar refractivity (Wildman–Crippen MR) is 117 cm³/mol. The van der Waals surface area contributed by atoms with Gasteiger partial charge in [-0.1, -0.05) is 44.2 Å². The number of sulfonamides is 1. The molecule has 2 aromatic rings. The molecule has 0 atom stereocenters. The van der Waals surface area contributed by atoms with Gasteiger partial charge in [-0.2, -0.15) is 4.31 Å². The lowest BCUT2D eigenvalue weighted by molar-refractivity contribution is -0.124. The molecule has 1 heterocycles. The number of benzene rings is 2. The number of hydrazine groups is 1. The largest absolute Gasteiger partial charge is 0.296 e. The van der Waals surface area contributed by atoms with Gasteiger partial charge in [0.25, 0.3) is 5.91 Å². The van der Waals surface area contributed by atoms with Gasteiger partial charge in [0.1, 0.15) is 0 Å². The molecule has 1 aliphatic heterocycles. The van der Waals surface area contributed by atoms with Crippen molar-refractivity contribution in [2.24, 2.45) is 5.92 Å². The first-order valence-corrected chi connectivity index (χ1v) is 11.7. The number of nitrogens with one attached hydrogen (secondary N) is 2. The van der Waals surface area contributed by atoms with Gasteiger partial charge < -0.3 is 0 Å². The van der Waals surface area contributed by atoms with Crippen LogP contribution in [0.3, 0.4) is 0 Å². The van der Waals surface area contributed by atoms with E-state index in [2.05, 4.69) is 27.9 Å². The quantitative estimate of drug-likeness (QED) is 0.660. The van der Waals surface area contributed by atoms with Crippen LogP contribution in [-0.4, -0.2) is 55.6 Å². The summed E-state index contributed by atoms with van der Waals surface area (Å²) in [6.45, 7) is 6.36. The first kappa shape index (κ1) is 22.9. The van der Waals surface area contributed by atoms with Gasteiger partial charge in [-0.25, -0.2) is 8.42 Å². The van der Waals surface area contributed by atoms with Gasteiger partial charge in [0, 0.05) is 44.2 Å². The molecule has 8 nitrogen and oxygen atoms in total. The summed E-state index contributed by atoms with van der Waals surface area (Å²) in [6.07, 6.45) is 0. The Bertz CT molecular complexity index is 1000. The average Bonchev–Trinajstić information content (AvgIpc) is 2.78. The summed E-state index contributed by atoms with van der Waals surface area (Å²) in [6, 6.07) is 15.8. The zero-order valence-corrected chi connectivity index (χ0v) is 18.6. The van der Waals surface area contributed by atoms with Crippen molar-refractivity contribution < 1.29 is 18.0 Å². The minimum atomic E-state index is -3.63. The number of carbonyl (C=O) groups excluding carboxylic acids is 2. The van der Waals surface area contributed by atoms with Crippen LogP contribution in [-0.2, 0) is 21.4 Å². The molecule has 1 fully saturated rings. The van der Waals surface area contributed by atoms with Crippen LogP contribution in [0.2, 0.25) is 0 Å². The van der Waals surface area contributed by atoms with Crippen molar-refractivity contribution in [1.82, 2.24) is 20.1 Å². The highest BCUT2D eigenvalue weighted by Crippen LogP contribution is 2.19. The molecule has 166 valence electrons. The first-order chi connectivity index (χ1) is 14.8. The van der Waals surface area contributed by atoms with E-state index in [0.717, 1.165) is 6.54 Å². The summed E-state index contributed by atoms with van der Waals surface area (Å²) in [4.78, 5) is 26.1. The second-order valence-corrected chi connectivity index (χ2v) is 9.73. The number of carbonyl (C=O) groups is 2. The number of hydrogen-bond acceptors (Lipinski definition) is 5. The summed E-state index contributed by atoms with van der Waals surface area (Å²) in [7, 11) is -3.63. The highest BCUT2D eigenvalue weighted by Gasteiger charge is 2.28. The molecule has 0 aliphatic carbocycles. The van der Waals surface area contributed by atoms with Gasteiger partial charge in [0.2, 0.25) is 15.9 Å². The topological polar surface area (TPSA) is 98.8 Å². The SMILES string of the molecule is CC(C)C(=O)NNC(=O)c1ccc(S(=O)(=O)N2CCN(Cc3ccccc3)CC2)cc1. The van der Waals surface area contributed by atoms with Crippen LogP contribution < -0.4 is 10.9 Å². The van der Waals surface area contributed by atoms with E-state index in [0.29, 0.717) is 26.2 Å². The zero-order valence-electron chi connectivity index (χ0n) is 17.7. The maximum atomic E-state index is 13.0. The Morgan fingerprint density at radius 3 is 2.10 bits per heavy atom. The fourth-order valence-electron chi connectivity index (χ4n) is 3.23. The summed E-state index contributed by atoms with van der Waals surface area (Å²) < 4.78 is 27.4. The van der Waals surface area contributed by atoms with Crippen LogP contribution in [0.15, 0.2) is 59.5 Å². The third-order valence-electron chi connectivity index (χ3n) is 5.16. The molecular formula is C22H28N4O4S. The van der Waals surface area contributed by atoms with E-state index >= 15 is 0 Å². The maximum Gasteiger partial charge on any atom is 0.269 e. The molecule has 0 saturated carbocycles. The first-order valence-electron chi connectivity index (χ1n) is 10.2. The molecule has 1 saturated heterocycles. The molecule has 3 rings (SSSR count). The van der Waals surface area contributed by atoms with Crippen molar-refractivity contribution in [2.75, 3.05) is 26.2 Å². The Balaban J connectivity index is 1.57. The summed E-state index contributed by atoms with van der Waals surface area (Å²) in [5.74, 6) is -1.08. The van der Waals surface area contributed by atoms with Gasteiger partial charge in [-0.15, -0.1) is 0 Å². The molecule has 0 bridgehead atoms. The van der Waals surface area contributed by atoms with Crippen molar-refractivity contribution in [3.63, 3.8) is 0 Å². The standard InChI is InChI=1S/C22H28N4O4S/c1-17(2)21(27)23-24-22(28)19-8-10-20(11-9-19)31(29,30)26-14-12-25(13-15-26)16-18-6-4-3-5-7-18/h3-11,17H,12-16H2,1-2H3,(H,23,27)(H,24,28). The van der Waals surface area contributed by atoms with Crippen LogP contribution in [0, 0.1) is 5.92 Å². The Kier molecular flexibility index (Phi) is 7.42. The minimum Gasteiger partial charge on any atom is -0.296 e. The normalized spacial score (nSPS) is 15.6. The van der Waals surface area contributed by atoms with E-state index in [9.17, 15) is 18.0 Å². The summed E-state index contributed by atoms with van der Waals surface area (Å²) in [5, 5.41) is 0. The van der Waals surface area contributed by atoms with Crippen LogP contribution in [0.4, 0.5) is 0 Å². The number of nitrogens with zero attached hydrogens (tertiary/aromatic N) is 2. The number of hydrogen-bond donors (Lipinski definition) is 2. The van der Waals surface area contributed by atoms with E-state index in [-0.39, 0.29) is 22.3 Å². The number of piperazine rings is 1. The van der Waals surface area contributed by atoms with Crippen molar-refractivity contribution in [3.05, 3.63) is 65.7 Å². The lowest BCUT2D eigenvalue weighted by Gasteiger charge is -2.34. The molecule has 2 amide bonds. The van der Waals surface area contributed by atoms with Crippen molar-refractivity contribution in [2.45, 2.75) is 25.3 Å². The fraction of sp³-hybridized carbons (Fsp3) is 0.364. The molecule has 9 heteroatoms. The molecule has 0 unspecified atom stereocenters. The van der Waals surface area contributed by atoms with E-state index < -0.39 is 15.9 Å². The Labute approximate surface area is 183 Å². The van der Waals surface area contributed by atoms with Gasteiger partial charge in [-0.3, -0.25) is 25.3 Å². The van der Waals surface area contributed by atoms with Crippen LogP contribution >= 0.6 is 0 Å². The Hall–Kier alpha value is -2.75. The second kappa shape index (κ2) is 10.0. The molecule has 0 spiro atoms. The summed E-state index contributed by atoms with van der Waals surface area (Å²) in [5.41, 5.74) is 6.12. The van der Waals surface area contributed by atoms with E-state index in [1.165, 1.54) is 34.1 Å². The van der Waals surface area contributed by atoms with Gasteiger partial charge >= 0.3 is 0 Å². The molecule has 0 aromatic heterocycles. The number of amides is 2. The molecular weight excluding hydrogens is 416 g/mol. The fourth-order valence-corrected chi connectivity index (χ4v) is 4.65. The van der Waals surface area contributed by atoms with E-state index in [1.54, 1.807) is 13.8 Å². The van der Waals surface area contributed by atoms with Crippen LogP contribution in [0.1, 0.15) is 29.8 Å². The summed E-state index contributed by atoms with van der Waals surface area (Å²) >= 11 is 0. The highest BCUT2D eigenvalue weighted by molar-refractivity contribution is 7.89. The molecule has 2 N–H and O–H groups in total. The van der Waals surface area contributed by atoms with Crippen molar-refractivity contribution in [3.8, 4) is 0 Å².